The van der Waals surface area contributed by atoms with E-state index < -0.39 is 12.0 Å². The van der Waals surface area contributed by atoms with Crippen LogP contribution in [0.4, 0.5) is 0 Å². The van der Waals surface area contributed by atoms with Crippen molar-refractivity contribution in [3.63, 3.8) is 0 Å². The van der Waals surface area contributed by atoms with Crippen LogP contribution in [0, 0.1) is 0 Å². The molecule has 2 unspecified atom stereocenters. The van der Waals surface area contributed by atoms with Crippen molar-refractivity contribution >= 4 is 17.7 Å². The van der Waals surface area contributed by atoms with Crippen molar-refractivity contribution in [2.75, 3.05) is 5.75 Å². The molecule has 2 atom stereocenters. The van der Waals surface area contributed by atoms with Crippen molar-refractivity contribution in [2.45, 2.75) is 17.0 Å². The van der Waals surface area contributed by atoms with Crippen LogP contribution in [0.5, 0.6) is 0 Å². The molecule has 0 radical (unpaired) electrons. The Labute approximate surface area is 122 Å². The lowest BCUT2D eigenvalue weighted by atomic mass is 10.0. The number of carboxylic acids is 1. The zero-order chi connectivity index (χ0) is 13.9. The molecule has 1 aliphatic heterocycles. The van der Waals surface area contributed by atoms with Gasteiger partial charge in [0, 0.05) is 16.7 Å². The van der Waals surface area contributed by atoms with Crippen LogP contribution in [0.2, 0.25) is 0 Å². The van der Waals surface area contributed by atoms with Gasteiger partial charge in [0.1, 0.15) is 6.04 Å². The van der Waals surface area contributed by atoms with Gasteiger partial charge in [-0.2, -0.15) is 0 Å². The van der Waals surface area contributed by atoms with Crippen molar-refractivity contribution in [3.05, 3.63) is 65.7 Å². The molecule has 102 valence electrons. The number of carboxylic acid groups (broad SMARTS) is 1. The normalized spacial score (nSPS) is 18.5. The summed E-state index contributed by atoms with van der Waals surface area (Å²) in [5.74, 6) is 0.0289. The molecular weight excluding hydrogens is 270 g/mol. The van der Waals surface area contributed by atoms with Crippen LogP contribution in [0.1, 0.15) is 23.2 Å². The van der Waals surface area contributed by atoms with Crippen LogP contribution in [-0.2, 0) is 4.79 Å². The van der Waals surface area contributed by atoms with Gasteiger partial charge in [-0.1, -0.05) is 48.5 Å². The molecule has 0 fully saturated rings. The summed E-state index contributed by atoms with van der Waals surface area (Å²) in [6, 6.07) is 16.9. The van der Waals surface area contributed by atoms with Crippen molar-refractivity contribution in [1.29, 1.82) is 0 Å². The number of hydrogen-bond donors (Lipinski definition) is 2. The summed E-state index contributed by atoms with van der Waals surface area (Å²) in [6.07, 6.45) is 0. The largest absolute Gasteiger partial charge is 0.480 e. The molecule has 20 heavy (non-hydrogen) atoms. The van der Waals surface area contributed by atoms with E-state index in [1.165, 1.54) is 10.5 Å². The topological polar surface area (TPSA) is 49.3 Å². The van der Waals surface area contributed by atoms with Gasteiger partial charge in [0.15, 0.2) is 0 Å². The van der Waals surface area contributed by atoms with Crippen LogP contribution in [0.3, 0.4) is 0 Å². The number of hydrogen-bond acceptors (Lipinski definition) is 3. The first-order chi connectivity index (χ1) is 9.75. The summed E-state index contributed by atoms with van der Waals surface area (Å²) in [7, 11) is 0. The third-order valence-corrected chi connectivity index (χ3v) is 4.63. The first-order valence-electron chi connectivity index (χ1n) is 6.51. The van der Waals surface area contributed by atoms with E-state index in [0.717, 1.165) is 11.3 Å². The summed E-state index contributed by atoms with van der Waals surface area (Å²) in [6.45, 7) is 0. The molecule has 1 heterocycles. The summed E-state index contributed by atoms with van der Waals surface area (Å²) in [5, 5.41) is 12.7. The molecule has 1 aliphatic rings. The number of fused-ring (bicyclic) bond motifs is 1. The molecule has 3 nitrogen and oxygen atoms in total. The summed E-state index contributed by atoms with van der Waals surface area (Å²) < 4.78 is 0. The van der Waals surface area contributed by atoms with Gasteiger partial charge in [0.25, 0.3) is 0 Å². The maximum absolute atomic E-state index is 11.5. The fourth-order valence-electron chi connectivity index (χ4n) is 2.46. The number of carbonyl (C=O) groups is 1. The Morgan fingerprint density at radius 1 is 1.15 bits per heavy atom. The minimum atomic E-state index is -0.842. The Bertz CT molecular complexity index is 615. The van der Waals surface area contributed by atoms with Crippen molar-refractivity contribution in [3.8, 4) is 0 Å². The average Bonchev–Trinajstić information content (AvgIpc) is 2.88. The fraction of sp³-hybridized carbons (Fsp3) is 0.188. The van der Waals surface area contributed by atoms with Gasteiger partial charge < -0.3 is 5.11 Å². The lowest BCUT2D eigenvalue weighted by molar-refractivity contribution is -0.139. The molecule has 2 aromatic rings. The standard InChI is InChI=1S/C16H15NO2S/c18-16(19)15(11-6-2-1-3-7-11)17-13-10-20-14-9-5-4-8-12(13)14/h1-9,13,15,17H,10H2,(H,18,19). The Kier molecular flexibility index (Phi) is 3.76. The predicted octanol–water partition coefficient (Wildman–Crippen LogP) is 3.25. The van der Waals surface area contributed by atoms with Gasteiger partial charge in [-0.15, -0.1) is 11.8 Å². The van der Waals surface area contributed by atoms with Crippen LogP contribution in [0.15, 0.2) is 59.5 Å². The van der Waals surface area contributed by atoms with Gasteiger partial charge in [0.05, 0.1) is 0 Å². The minimum absolute atomic E-state index is 0.0810. The third kappa shape index (κ3) is 2.57. The second-order valence-corrected chi connectivity index (χ2v) is 5.81. The van der Waals surface area contributed by atoms with Gasteiger partial charge >= 0.3 is 5.97 Å². The molecule has 0 aromatic heterocycles. The average molecular weight is 285 g/mol. The SMILES string of the molecule is O=C(O)C(NC1CSc2ccccc21)c1ccccc1. The highest BCUT2D eigenvalue weighted by atomic mass is 32.2. The fourth-order valence-corrected chi connectivity index (χ4v) is 3.63. The van der Waals surface area contributed by atoms with Gasteiger partial charge in [0.2, 0.25) is 0 Å². The molecule has 0 bridgehead atoms. The van der Waals surface area contributed by atoms with E-state index in [1.807, 2.05) is 42.5 Å². The summed E-state index contributed by atoms with van der Waals surface area (Å²) >= 11 is 1.77. The highest BCUT2D eigenvalue weighted by Crippen LogP contribution is 2.38. The van der Waals surface area contributed by atoms with Crippen molar-refractivity contribution < 1.29 is 9.90 Å². The number of thioether (sulfide) groups is 1. The van der Waals surface area contributed by atoms with Gasteiger partial charge in [-0.05, 0) is 17.2 Å². The second-order valence-electron chi connectivity index (χ2n) is 4.75. The highest BCUT2D eigenvalue weighted by molar-refractivity contribution is 7.99. The Morgan fingerprint density at radius 3 is 2.60 bits per heavy atom. The molecule has 0 saturated carbocycles. The number of nitrogens with one attached hydrogen (secondary N) is 1. The Morgan fingerprint density at radius 2 is 1.85 bits per heavy atom. The van der Waals surface area contributed by atoms with Gasteiger partial charge in [-0.25, -0.2) is 0 Å². The lowest BCUT2D eigenvalue weighted by Gasteiger charge is -2.20. The highest BCUT2D eigenvalue weighted by Gasteiger charge is 2.28. The number of benzene rings is 2. The van der Waals surface area contributed by atoms with Crippen LogP contribution < -0.4 is 5.32 Å². The van der Waals surface area contributed by atoms with E-state index in [-0.39, 0.29) is 6.04 Å². The third-order valence-electron chi connectivity index (χ3n) is 3.45. The number of aliphatic carboxylic acids is 1. The molecule has 0 amide bonds. The Hall–Kier alpha value is -1.78. The quantitative estimate of drug-likeness (QED) is 0.905. The van der Waals surface area contributed by atoms with E-state index in [2.05, 4.69) is 17.4 Å². The molecule has 2 aromatic carbocycles. The maximum atomic E-state index is 11.5. The van der Waals surface area contributed by atoms with E-state index >= 15 is 0 Å². The first-order valence-corrected chi connectivity index (χ1v) is 7.50. The lowest BCUT2D eigenvalue weighted by Crippen LogP contribution is -2.32. The van der Waals surface area contributed by atoms with Crippen molar-refractivity contribution in [2.24, 2.45) is 0 Å². The maximum Gasteiger partial charge on any atom is 0.325 e. The second kappa shape index (κ2) is 5.69. The van der Waals surface area contributed by atoms with E-state index in [1.54, 1.807) is 11.8 Å². The van der Waals surface area contributed by atoms with E-state index in [0.29, 0.717) is 0 Å². The molecule has 4 heteroatoms. The zero-order valence-electron chi connectivity index (χ0n) is 10.8. The first kappa shape index (κ1) is 13.2. The zero-order valence-corrected chi connectivity index (χ0v) is 11.6. The minimum Gasteiger partial charge on any atom is -0.480 e. The van der Waals surface area contributed by atoms with E-state index in [9.17, 15) is 9.90 Å². The van der Waals surface area contributed by atoms with Crippen molar-refractivity contribution in [1.82, 2.24) is 5.32 Å². The Balaban J connectivity index is 1.84. The predicted molar refractivity (Wildman–Crippen MR) is 79.9 cm³/mol. The monoisotopic (exact) mass is 285 g/mol. The van der Waals surface area contributed by atoms with E-state index in [4.69, 9.17) is 0 Å². The molecule has 0 spiro atoms. The molecule has 3 rings (SSSR count). The van der Waals surface area contributed by atoms with Gasteiger partial charge in [-0.3, -0.25) is 10.1 Å². The smallest absolute Gasteiger partial charge is 0.325 e. The molecule has 0 aliphatic carbocycles. The van der Waals surface area contributed by atoms with Crippen LogP contribution in [-0.4, -0.2) is 16.8 Å². The van der Waals surface area contributed by atoms with Crippen LogP contribution in [0.25, 0.3) is 0 Å². The molecule has 2 N–H and O–H groups in total. The number of rotatable bonds is 4. The van der Waals surface area contributed by atoms with Crippen LogP contribution >= 0.6 is 11.8 Å². The summed E-state index contributed by atoms with van der Waals surface area (Å²) in [4.78, 5) is 12.8. The molecular formula is C16H15NO2S. The molecule has 0 saturated heterocycles. The summed E-state index contributed by atoms with van der Waals surface area (Å²) in [5.41, 5.74) is 1.98.